The Morgan fingerprint density at radius 3 is 2.66 bits per heavy atom. The molecule has 12 heteroatoms. The average Bonchev–Trinajstić information content (AvgIpc) is 3.31. The van der Waals surface area contributed by atoms with Gasteiger partial charge in [0.05, 0.1) is 18.8 Å². The van der Waals surface area contributed by atoms with Crippen LogP contribution in [0.15, 0.2) is 24.7 Å². The molecule has 1 atom stereocenters. The number of carbonyl (C=O) groups excluding carboxylic acids is 2. The fourth-order valence-electron chi connectivity index (χ4n) is 2.83. The Bertz CT molecular complexity index is 1290. The first-order valence-corrected chi connectivity index (χ1v) is 11.8. The van der Waals surface area contributed by atoms with Gasteiger partial charge < -0.3 is 15.7 Å². The van der Waals surface area contributed by atoms with E-state index in [1.54, 1.807) is 13.0 Å². The Morgan fingerprint density at radius 2 is 1.94 bits per heavy atom. The summed E-state index contributed by atoms with van der Waals surface area (Å²) < 4.78 is 0. The zero-order valence-corrected chi connectivity index (χ0v) is 21.2. The number of nitrogens with zero attached hydrogens (tertiary/aromatic N) is 5. The summed E-state index contributed by atoms with van der Waals surface area (Å²) in [6.07, 6.45) is 3.00. The molecule has 0 aliphatic carbocycles. The number of aliphatic hydroxyl groups is 1. The molecule has 3 rings (SSSR count). The highest BCUT2D eigenvalue weighted by Crippen LogP contribution is 2.29. The van der Waals surface area contributed by atoms with Crippen molar-refractivity contribution in [2.75, 3.05) is 11.9 Å². The topological polar surface area (TPSA) is 143 Å². The molecular weight excluding hydrogens is 490 g/mol. The lowest BCUT2D eigenvalue weighted by atomic mass is 9.88. The molecule has 2 amide bonds. The van der Waals surface area contributed by atoms with Crippen LogP contribution in [0.2, 0.25) is 5.15 Å². The molecule has 3 N–H and O–H groups in total. The number of hydrogen-bond acceptors (Lipinski definition) is 9. The fraction of sp³-hybridized carbons (Fsp3) is 0.348. The zero-order valence-electron chi connectivity index (χ0n) is 19.6. The van der Waals surface area contributed by atoms with E-state index >= 15 is 0 Å². The molecule has 35 heavy (non-hydrogen) atoms. The summed E-state index contributed by atoms with van der Waals surface area (Å²) in [7, 11) is 0. The number of nitrogens with one attached hydrogen (secondary N) is 2. The smallest absolute Gasteiger partial charge is 0.270 e. The maximum absolute atomic E-state index is 12.7. The normalized spacial score (nSPS) is 11.8. The van der Waals surface area contributed by atoms with E-state index in [0.29, 0.717) is 22.0 Å². The predicted octanol–water partition coefficient (Wildman–Crippen LogP) is 3.15. The largest absolute Gasteiger partial charge is 0.395 e. The number of anilines is 1. The quantitative estimate of drug-likeness (QED) is 0.426. The van der Waals surface area contributed by atoms with Crippen LogP contribution in [-0.2, 0) is 5.41 Å². The van der Waals surface area contributed by atoms with Gasteiger partial charge in [-0.15, -0.1) is 21.5 Å². The lowest BCUT2D eigenvalue weighted by Crippen LogP contribution is -2.27. The minimum absolute atomic E-state index is 0.0537. The molecule has 0 aliphatic heterocycles. The van der Waals surface area contributed by atoms with Gasteiger partial charge >= 0.3 is 0 Å². The predicted molar refractivity (Wildman–Crippen MR) is 132 cm³/mol. The summed E-state index contributed by atoms with van der Waals surface area (Å²) in [5.41, 5.74) is 1.01. The van der Waals surface area contributed by atoms with Crippen LogP contribution in [0.4, 0.5) is 5.82 Å². The lowest BCUT2D eigenvalue weighted by Gasteiger charge is -2.20. The van der Waals surface area contributed by atoms with Crippen LogP contribution in [0, 0.1) is 11.8 Å². The Kier molecular flexibility index (Phi) is 8.45. The van der Waals surface area contributed by atoms with Crippen molar-refractivity contribution in [1.82, 2.24) is 30.5 Å². The van der Waals surface area contributed by atoms with Crippen LogP contribution in [0.25, 0.3) is 0 Å². The van der Waals surface area contributed by atoms with Crippen LogP contribution < -0.4 is 10.6 Å². The van der Waals surface area contributed by atoms with Gasteiger partial charge in [0.2, 0.25) is 0 Å². The number of aromatic nitrogens is 5. The molecule has 10 nitrogen and oxygen atoms in total. The Hall–Kier alpha value is -3.46. The Morgan fingerprint density at radius 1 is 1.17 bits per heavy atom. The number of aliphatic hydroxyl groups excluding tert-OH is 1. The van der Waals surface area contributed by atoms with E-state index in [2.05, 4.69) is 47.6 Å². The van der Waals surface area contributed by atoms with Gasteiger partial charge in [0.15, 0.2) is 11.0 Å². The van der Waals surface area contributed by atoms with Crippen molar-refractivity contribution in [2.24, 2.45) is 0 Å². The molecule has 0 aliphatic rings. The molecular formula is C23H24ClN7O3S. The van der Waals surface area contributed by atoms with Gasteiger partial charge in [-0.05, 0) is 24.3 Å². The van der Waals surface area contributed by atoms with Gasteiger partial charge in [-0.25, -0.2) is 15.0 Å². The van der Waals surface area contributed by atoms with Crippen LogP contribution in [-0.4, -0.2) is 48.7 Å². The van der Waals surface area contributed by atoms with E-state index in [1.807, 2.05) is 20.8 Å². The van der Waals surface area contributed by atoms with Crippen molar-refractivity contribution < 1.29 is 14.7 Å². The van der Waals surface area contributed by atoms with Gasteiger partial charge in [0.1, 0.15) is 27.6 Å². The SMILES string of the molecule is CC(NC(=O)c1cc(C#CCCO)ncn1)c1ncc(C(=O)Nc2cc(C(C)(C)C)c(Cl)nn2)s1. The maximum Gasteiger partial charge on any atom is 0.270 e. The molecule has 1 unspecified atom stereocenters. The minimum atomic E-state index is -0.476. The van der Waals surface area contributed by atoms with E-state index in [9.17, 15) is 9.59 Å². The monoisotopic (exact) mass is 513 g/mol. The van der Waals surface area contributed by atoms with Crippen LogP contribution >= 0.6 is 22.9 Å². The van der Waals surface area contributed by atoms with Crippen LogP contribution in [0.5, 0.6) is 0 Å². The Labute approximate surface area is 211 Å². The van der Waals surface area contributed by atoms with Gasteiger partial charge in [-0.1, -0.05) is 38.3 Å². The number of amides is 2. The first kappa shape index (κ1) is 26.2. The molecule has 3 heterocycles. The number of halogens is 1. The molecule has 0 radical (unpaired) electrons. The highest BCUT2D eigenvalue weighted by Gasteiger charge is 2.22. The van der Waals surface area contributed by atoms with Crippen LogP contribution in [0.1, 0.15) is 76.6 Å². The van der Waals surface area contributed by atoms with E-state index in [1.165, 1.54) is 18.6 Å². The second-order valence-electron chi connectivity index (χ2n) is 8.46. The third-order valence-corrected chi connectivity index (χ3v) is 6.07. The molecule has 3 aromatic rings. The molecule has 0 bridgehead atoms. The lowest BCUT2D eigenvalue weighted by molar-refractivity contribution is 0.0934. The zero-order chi connectivity index (χ0) is 25.6. The molecule has 3 aromatic heterocycles. The third kappa shape index (κ3) is 7.02. The van der Waals surface area contributed by atoms with Crippen molar-refractivity contribution in [3.05, 3.63) is 56.6 Å². The highest BCUT2D eigenvalue weighted by molar-refractivity contribution is 7.13. The fourth-order valence-corrected chi connectivity index (χ4v) is 4.02. The van der Waals surface area contributed by atoms with Crippen molar-refractivity contribution in [3.8, 4) is 11.8 Å². The van der Waals surface area contributed by atoms with Crippen LogP contribution in [0.3, 0.4) is 0 Å². The highest BCUT2D eigenvalue weighted by atomic mass is 35.5. The van der Waals surface area contributed by atoms with Gasteiger partial charge in [0, 0.05) is 18.1 Å². The Balaban J connectivity index is 1.66. The molecule has 0 spiro atoms. The van der Waals surface area contributed by atoms with Gasteiger partial charge in [0.25, 0.3) is 11.8 Å². The van der Waals surface area contributed by atoms with Crippen molar-refractivity contribution in [1.29, 1.82) is 0 Å². The third-order valence-electron chi connectivity index (χ3n) is 4.62. The molecule has 0 saturated carbocycles. The standard InChI is InChI=1S/C23H24ClN7O3S/c1-13(28-20(33)16-9-14(26-12-27-16)7-5-6-8-32)22-25-11-17(35-22)21(34)29-18-10-15(23(2,3)4)19(24)31-30-18/h9-13,32H,6,8H2,1-4H3,(H,28,33)(H,29,30,34). The first-order chi connectivity index (χ1) is 16.6. The average molecular weight is 514 g/mol. The van der Waals surface area contributed by atoms with E-state index in [4.69, 9.17) is 16.7 Å². The van der Waals surface area contributed by atoms with Crippen molar-refractivity contribution >= 4 is 40.6 Å². The molecule has 0 fully saturated rings. The number of carbonyl (C=O) groups is 2. The van der Waals surface area contributed by atoms with Crippen molar-refractivity contribution in [2.45, 2.75) is 45.6 Å². The van der Waals surface area contributed by atoms with Gasteiger partial charge in [-0.2, -0.15) is 0 Å². The summed E-state index contributed by atoms with van der Waals surface area (Å²) in [6, 6.07) is 2.68. The number of rotatable bonds is 6. The second-order valence-corrected chi connectivity index (χ2v) is 9.88. The number of thiazole rings is 1. The second kappa shape index (κ2) is 11.3. The molecule has 0 aromatic carbocycles. The minimum Gasteiger partial charge on any atom is -0.395 e. The summed E-state index contributed by atoms with van der Waals surface area (Å²) in [4.78, 5) is 37.9. The summed E-state index contributed by atoms with van der Waals surface area (Å²) in [5, 5.41) is 23.0. The molecule has 182 valence electrons. The van der Waals surface area contributed by atoms with E-state index in [0.717, 1.165) is 16.9 Å². The van der Waals surface area contributed by atoms with Gasteiger partial charge in [-0.3, -0.25) is 9.59 Å². The summed E-state index contributed by atoms with van der Waals surface area (Å²) >= 11 is 7.29. The van der Waals surface area contributed by atoms with Crippen molar-refractivity contribution in [3.63, 3.8) is 0 Å². The summed E-state index contributed by atoms with van der Waals surface area (Å²) in [5.74, 6) is 4.96. The first-order valence-electron chi connectivity index (χ1n) is 10.6. The van der Waals surface area contributed by atoms with E-state index < -0.39 is 17.9 Å². The maximum atomic E-state index is 12.7. The molecule has 0 saturated heterocycles. The van der Waals surface area contributed by atoms with E-state index in [-0.39, 0.29) is 28.7 Å². The number of hydrogen-bond donors (Lipinski definition) is 3. The summed E-state index contributed by atoms with van der Waals surface area (Å²) in [6.45, 7) is 7.66.